The van der Waals surface area contributed by atoms with E-state index in [4.69, 9.17) is 16.3 Å². The van der Waals surface area contributed by atoms with Gasteiger partial charge in [-0.15, -0.1) is 11.8 Å². The van der Waals surface area contributed by atoms with Crippen LogP contribution in [0, 0.1) is 15.5 Å². The Morgan fingerprint density at radius 2 is 1.58 bits per heavy atom. The summed E-state index contributed by atoms with van der Waals surface area (Å²) < 4.78 is 34.6. The molecule has 18 heteroatoms. The van der Waals surface area contributed by atoms with E-state index in [-0.39, 0.29) is 35.4 Å². The van der Waals surface area contributed by atoms with Gasteiger partial charge in [0.1, 0.15) is 11.3 Å². The molecule has 2 aliphatic heterocycles. The molecule has 4 aromatic rings. The SMILES string of the molecule is CC1(CN2CCN(C(=O)OC(C)(C)C)CC2)CCC(c2ccc(Cl)cc2)=C(CN2CCN(c3ccc(C(=O)NS(=O)(=O)c4ccc(NC(CCO)CSc5ccccc5)c([N+](=O)[O-])c4)cc3)CC2)C1. The summed E-state index contributed by atoms with van der Waals surface area (Å²) in [7, 11) is -4.48. The lowest BCUT2D eigenvalue weighted by atomic mass is 9.71. The van der Waals surface area contributed by atoms with Crippen LogP contribution in [0.2, 0.25) is 5.02 Å². The van der Waals surface area contributed by atoms with Crippen molar-refractivity contribution < 1.29 is 32.8 Å². The van der Waals surface area contributed by atoms with Crippen LogP contribution < -0.4 is 14.9 Å². The summed E-state index contributed by atoms with van der Waals surface area (Å²) in [5.41, 5.74) is 4.26. The lowest BCUT2D eigenvalue weighted by Crippen LogP contribution is -2.52. The van der Waals surface area contributed by atoms with Gasteiger partial charge >= 0.3 is 6.09 Å². The Hall–Kier alpha value is -5.17. The second-order valence-corrected chi connectivity index (χ2v) is 22.7. The Morgan fingerprint density at radius 1 is 0.913 bits per heavy atom. The molecule has 3 N–H and O–H groups in total. The van der Waals surface area contributed by atoms with E-state index in [0.717, 1.165) is 88.3 Å². The topological polar surface area (TPSA) is 178 Å². The molecule has 1 aliphatic carbocycles. The number of carbonyl (C=O) groups excluding carboxylic acids is 2. The van der Waals surface area contributed by atoms with Crippen molar-refractivity contribution in [3.63, 3.8) is 0 Å². The van der Waals surface area contributed by atoms with Crippen LogP contribution in [0.1, 0.15) is 69.3 Å². The average Bonchev–Trinajstić information content (AvgIpc) is 3.31. The number of aliphatic hydroxyl groups excluding tert-OH is 1. The number of thioether (sulfide) groups is 1. The number of nitro benzene ring substituents is 1. The molecule has 15 nitrogen and oxygen atoms in total. The number of nitrogens with zero attached hydrogens (tertiary/aromatic N) is 5. The lowest BCUT2D eigenvalue weighted by molar-refractivity contribution is -0.384. The fraction of sp³-hybridized carbons (Fsp3) is 0.451. The number of carbonyl (C=O) groups is 2. The number of amides is 2. The van der Waals surface area contributed by atoms with Gasteiger partial charge in [-0.3, -0.25) is 24.7 Å². The van der Waals surface area contributed by atoms with E-state index in [9.17, 15) is 33.2 Å². The quantitative estimate of drug-likeness (QED) is 0.0521. The summed E-state index contributed by atoms with van der Waals surface area (Å²) in [5, 5.41) is 25.6. The van der Waals surface area contributed by atoms with Gasteiger partial charge < -0.3 is 25.0 Å². The second kappa shape index (κ2) is 22.7. The molecule has 69 heavy (non-hydrogen) atoms. The number of allylic oxidation sites excluding steroid dienone is 1. The second-order valence-electron chi connectivity index (χ2n) is 19.5. The number of nitrogens with one attached hydrogen (secondary N) is 2. The number of piperazine rings is 2. The van der Waals surface area contributed by atoms with E-state index in [1.165, 1.54) is 40.6 Å². The van der Waals surface area contributed by atoms with Crippen LogP contribution in [0.4, 0.5) is 21.9 Å². The number of ether oxygens (including phenoxy) is 1. The van der Waals surface area contributed by atoms with Crippen LogP contribution in [0.5, 0.6) is 0 Å². The predicted molar refractivity (Wildman–Crippen MR) is 274 cm³/mol. The van der Waals surface area contributed by atoms with Gasteiger partial charge in [0.25, 0.3) is 21.6 Å². The fourth-order valence-electron chi connectivity index (χ4n) is 9.29. The zero-order valence-electron chi connectivity index (χ0n) is 39.9. The van der Waals surface area contributed by atoms with E-state index >= 15 is 0 Å². The maximum atomic E-state index is 13.4. The summed E-state index contributed by atoms with van der Waals surface area (Å²) in [5.74, 6) is -0.358. The van der Waals surface area contributed by atoms with E-state index in [0.29, 0.717) is 30.3 Å². The third-order valence-electron chi connectivity index (χ3n) is 12.9. The van der Waals surface area contributed by atoms with Crippen molar-refractivity contribution in [3.05, 3.63) is 129 Å². The van der Waals surface area contributed by atoms with Crippen molar-refractivity contribution in [3.8, 4) is 0 Å². The number of aliphatic hydroxyl groups is 1. The lowest BCUT2D eigenvalue weighted by Gasteiger charge is -2.44. The predicted octanol–water partition coefficient (Wildman–Crippen LogP) is 8.64. The van der Waals surface area contributed by atoms with Crippen molar-refractivity contribution >= 4 is 68.0 Å². The van der Waals surface area contributed by atoms with E-state index in [1.54, 1.807) is 12.1 Å². The number of rotatable bonds is 17. The Labute approximate surface area is 415 Å². The highest BCUT2D eigenvalue weighted by Crippen LogP contribution is 2.44. The molecule has 0 aromatic heterocycles. The molecular weight excluding hydrogens is 938 g/mol. The number of hydrogen-bond acceptors (Lipinski definition) is 13. The molecule has 2 unspecified atom stereocenters. The minimum Gasteiger partial charge on any atom is -0.444 e. The molecule has 2 heterocycles. The fourth-order valence-corrected chi connectivity index (χ4v) is 11.4. The van der Waals surface area contributed by atoms with E-state index < -0.39 is 37.0 Å². The molecular formula is C51H64ClN7O8S2. The third kappa shape index (κ3) is 14.2. The first kappa shape index (κ1) is 51.7. The number of hydrogen-bond donors (Lipinski definition) is 3. The van der Waals surface area contributed by atoms with Crippen LogP contribution in [0.3, 0.4) is 0 Å². The first-order chi connectivity index (χ1) is 32.9. The zero-order chi connectivity index (χ0) is 49.3. The standard InChI is InChI=1S/C51H64ClN7O8S2/c1-50(2,3)67-49(62)58-29-25-56(26-30-58)36-51(4)22-20-45(37-10-14-40(52)15-11-37)39(33-51)34-55-23-27-57(28-24-55)42-16-12-38(13-17-42)48(61)54-69(65,66)44-18-19-46(47(32-44)59(63)64)53-41(21-31-60)35-68-43-8-6-5-7-9-43/h5-19,32,41,53,60H,20-31,33-36H2,1-4H3,(H,54,61). The van der Waals surface area contributed by atoms with Gasteiger partial charge in [-0.1, -0.05) is 54.4 Å². The molecule has 370 valence electrons. The molecule has 7 rings (SSSR count). The Balaban J connectivity index is 0.944. The number of sulfonamides is 1. The maximum absolute atomic E-state index is 13.4. The molecule has 0 radical (unpaired) electrons. The summed E-state index contributed by atoms with van der Waals surface area (Å²) in [6, 6.07) is 27.7. The molecule has 0 saturated carbocycles. The molecule has 2 fully saturated rings. The van der Waals surface area contributed by atoms with Crippen LogP contribution in [-0.2, 0) is 14.8 Å². The van der Waals surface area contributed by atoms with Gasteiger partial charge in [0.2, 0.25) is 0 Å². The molecule has 3 aliphatic rings. The molecule has 4 aromatic carbocycles. The largest absolute Gasteiger partial charge is 0.444 e. The minimum absolute atomic E-state index is 0.0713. The first-order valence-corrected chi connectivity index (χ1v) is 26.4. The molecule has 2 amide bonds. The van der Waals surface area contributed by atoms with Gasteiger partial charge in [0, 0.05) is 111 Å². The van der Waals surface area contributed by atoms with Gasteiger partial charge in [0.15, 0.2) is 0 Å². The van der Waals surface area contributed by atoms with Crippen LogP contribution in [0.25, 0.3) is 5.57 Å². The van der Waals surface area contributed by atoms with Gasteiger partial charge in [-0.2, -0.15) is 0 Å². The summed E-state index contributed by atoms with van der Waals surface area (Å²) >= 11 is 7.84. The van der Waals surface area contributed by atoms with Crippen molar-refractivity contribution in [2.24, 2.45) is 5.41 Å². The van der Waals surface area contributed by atoms with Crippen molar-refractivity contribution in [2.45, 2.75) is 74.8 Å². The summed E-state index contributed by atoms with van der Waals surface area (Å²) in [6.45, 7) is 15.8. The van der Waals surface area contributed by atoms with Crippen LogP contribution in [-0.4, -0.2) is 135 Å². The molecule has 2 atom stereocenters. The van der Waals surface area contributed by atoms with Crippen molar-refractivity contribution in [1.82, 2.24) is 19.4 Å². The molecule has 2 saturated heterocycles. The van der Waals surface area contributed by atoms with Crippen molar-refractivity contribution in [2.75, 3.05) is 88.0 Å². The highest BCUT2D eigenvalue weighted by Gasteiger charge is 2.36. The van der Waals surface area contributed by atoms with Crippen molar-refractivity contribution in [1.29, 1.82) is 0 Å². The highest BCUT2D eigenvalue weighted by molar-refractivity contribution is 7.99. The minimum atomic E-state index is -4.48. The number of halogens is 1. The zero-order valence-corrected chi connectivity index (χ0v) is 42.3. The third-order valence-corrected chi connectivity index (χ3v) is 15.6. The Kier molecular flexibility index (Phi) is 17.0. The van der Waals surface area contributed by atoms with Gasteiger partial charge in [-0.25, -0.2) is 17.9 Å². The number of benzene rings is 4. The Bertz CT molecular complexity index is 2560. The van der Waals surface area contributed by atoms with Crippen LogP contribution >= 0.6 is 23.4 Å². The smallest absolute Gasteiger partial charge is 0.410 e. The summed E-state index contributed by atoms with van der Waals surface area (Å²) in [6.07, 6.45) is 3.07. The van der Waals surface area contributed by atoms with Gasteiger partial charge in [0.05, 0.1) is 9.82 Å². The maximum Gasteiger partial charge on any atom is 0.410 e. The van der Waals surface area contributed by atoms with Gasteiger partial charge in [-0.05, 0) is 124 Å². The van der Waals surface area contributed by atoms with E-state index in [1.807, 2.05) is 80.3 Å². The number of anilines is 2. The first-order valence-electron chi connectivity index (χ1n) is 23.5. The highest BCUT2D eigenvalue weighted by atomic mass is 35.5. The monoisotopic (exact) mass is 1000 g/mol. The van der Waals surface area contributed by atoms with E-state index in [2.05, 4.69) is 43.8 Å². The normalized spacial score (nSPS) is 19.0. The molecule has 0 bridgehead atoms. The average molecular weight is 1000 g/mol. The molecule has 0 spiro atoms. The number of nitro groups is 1. The Morgan fingerprint density at radius 3 is 2.22 bits per heavy atom. The summed E-state index contributed by atoms with van der Waals surface area (Å²) in [4.78, 5) is 47.2. The van der Waals surface area contributed by atoms with Crippen LogP contribution in [0.15, 0.2) is 112 Å².